The highest BCUT2D eigenvalue weighted by Gasteiger charge is 2.10. The zero-order valence-electron chi connectivity index (χ0n) is 10.6. The minimum Gasteiger partial charge on any atom is -0.437 e. The van der Waals surface area contributed by atoms with Crippen molar-refractivity contribution < 1.29 is 4.74 Å². The third-order valence-electron chi connectivity index (χ3n) is 2.95. The third-order valence-corrected chi connectivity index (χ3v) is 3.47. The van der Waals surface area contributed by atoms with Gasteiger partial charge in [0.1, 0.15) is 5.75 Å². The van der Waals surface area contributed by atoms with Crippen LogP contribution in [-0.2, 0) is 0 Å². The van der Waals surface area contributed by atoms with Crippen LogP contribution in [0.15, 0.2) is 42.5 Å². The number of benzene rings is 2. The van der Waals surface area contributed by atoms with Crippen LogP contribution >= 0.6 is 23.2 Å². The van der Waals surface area contributed by atoms with Gasteiger partial charge in [-0.3, -0.25) is 0 Å². The molecule has 0 bridgehead atoms. The molecule has 2 aromatic carbocycles. The molecule has 0 fully saturated rings. The fourth-order valence-corrected chi connectivity index (χ4v) is 2.38. The van der Waals surface area contributed by atoms with Crippen molar-refractivity contribution in [3.8, 4) is 11.6 Å². The number of ether oxygens (including phenoxy) is 1. The predicted molar refractivity (Wildman–Crippen MR) is 80.8 cm³/mol. The van der Waals surface area contributed by atoms with Crippen molar-refractivity contribution >= 4 is 34.0 Å². The molecule has 0 saturated heterocycles. The predicted octanol–water partition coefficient (Wildman–Crippen LogP) is 5.04. The van der Waals surface area contributed by atoms with Gasteiger partial charge in [-0.15, -0.1) is 10.2 Å². The van der Waals surface area contributed by atoms with Crippen LogP contribution in [0, 0.1) is 6.92 Å². The van der Waals surface area contributed by atoms with Crippen molar-refractivity contribution in [2.45, 2.75) is 6.92 Å². The number of rotatable bonds is 2. The Kier molecular flexibility index (Phi) is 3.47. The fraction of sp³-hybridized carbons (Fsp3) is 0.0667. The summed E-state index contributed by atoms with van der Waals surface area (Å²) in [7, 11) is 0. The topological polar surface area (TPSA) is 35.0 Å². The maximum absolute atomic E-state index is 6.04. The molecule has 0 radical (unpaired) electrons. The molecule has 0 aliphatic heterocycles. The highest BCUT2D eigenvalue weighted by molar-refractivity contribution is 6.34. The van der Waals surface area contributed by atoms with Crippen LogP contribution in [0.2, 0.25) is 10.2 Å². The van der Waals surface area contributed by atoms with Gasteiger partial charge < -0.3 is 4.74 Å². The van der Waals surface area contributed by atoms with Crippen LogP contribution in [-0.4, -0.2) is 10.2 Å². The summed E-state index contributed by atoms with van der Waals surface area (Å²) < 4.78 is 5.84. The van der Waals surface area contributed by atoms with Crippen LogP contribution in [0.4, 0.5) is 0 Å². The van der Waals surface area contributed by atoms with Gasteiger partial charge in [-0.1, -0.05) is 41.4 Å². The van der Waals surface area contributed by atoms with Gasteiger partial charge >= 0.3 is 0 Å². The van der Waals surface area contributed by atoms with Crippen molar-refractivity contribution in [1.29, 1.82) is 0 Å². The van der Waals surface area contributed by atoms with Crippen LogP contribution in [0.5, 0.6) is 11.6 Å². The maximum Gasteiger partial charge on any atom is 0.246 e. The Hall–Kier alpha value is -1.84. The van der Waals surface area contributed by atoms with E-state index >= 15 is 0 Å². The molecule has 0 aliphatic carbocycles. The van der Waals surface area contributed by atoms with Crippen molar-refractivity contribution in [2.24, 2.45) is 0 Å². The summed E-state index contributed by atoms with van der Waals surface area (Å²) in [6, 6.07) is 13.0. The molecular formula is C15H10Cl2N2O. The fourth-order valence-electron chi connectivity index (χ4n) is 1.95. The quantitative estimate of drug-likeness (QED) is 0.665. The van der Waals surface area contributed by atoms with E-state index in [1.807, 2.05) is 43.3 Å². The standard InChI is InChI=1S/C15H10Cl2N2O/c1-9-8-10(16)6-7-13(9)20-15-12-5-3-2-4-11(12)14(17)18-19-15/h2-8H,1H3. The molecule has 3 aromatic rings. The molecule has 0 saturated carbocycles. The smallest absolute Gasteiger partial charge is 0.246 e. The Balaban J connectivity index is 2.09. The highest BCUT2D eigenvalue weighted by atomic mass is 35.5. The first-order chi connectivity index (χ1) is 9.65. The first-order valence-electron chi connectivity index (χ1n) is 6.00. The Morgan fingerprint density at radius 3 is 2.45 bits per heavy atom. The second-order valence-electron chi connectivity index (χ2n) is 4.35. The van der Waals surface area contributed by atoms with E-state index in [-0.39, 0.29) is 0 Å². The average Bonchev–Trinajstić information content (AvgIpc) is 2.45. The molecule has 0 spiro atoms. The molecule has 0 amide bonds. The molecule has 100 valence electrons. The number of hydrogen-bond donors (Lipinski definition) is 0. The van der Waals surface area contributed by atoms with E-state index in [1.54, 1.807) is 6.07 Å². The lowest BCUT2D eigenvalue weighted by atomic mass is 10.2. The van der Waals surface area contributed by atoms with Gasteiger partial charge in [0.25, 0.3) is 0 Å². The zero-order valence-corrected chi connectivity index (χ0v) is 12.1. The molecule has 3 nitrogen and oxygen atoms in total. The third kappa shape index (κ3) is 2.42. The average molecular weight is 305 g/mol. The Bertz CT molecular complexity index is 790. The Morgan fingerprint density at radius 1 is 0.950 bits per heavy atom. The zero-order chi connectivity index (χ0) is 14.1. The van der Waals surface area contributed by atoms with Gasteiger partial charge in [-0.2, -0.15) is 0 Å². The molecule has 20 heavy (non-hydrogen) atoms. The number of halogens is 2. The van der Waals surface area contributed by atoms with Gasteiger partial charge in [0.2, 0.25) is 5.88 Å². The monoisotopic (exact) mass is 304 g/mol. The number of aryl methyl sites for hydroxylation is 1. The van der Waals surface area contributed by atoms with E-state index in [4.69, 9.17) is 27.9 Å². The minimum absolute atomic E-state index is 0.362. The molecule has 1 heterocycles. The highest BCUT2D eigenvalue weighted by Crippen LogP contribution is 2.32. The lowest BCUT2D eigenvalue weighted by Crippen LogP contribution is -1.94. The summed E-state index contributed by atoms with van der Waals surface area (Å²) in [6.45, 7) is 1.92. The largest absolute Gasteiger partial charge is 0.437 e. The summed E-state index contributed by atoms with van der Waals surface area (Å²) in [5.41, 5.74) is 0.929. The van der Waals surface area contributed by atoms with Gasteiger partial charge in [0.05, 0.1) is 0 Å². The Labute approximate surface area is 126 Å². The lowest BCUT2D eigenvalue weighted by molar-refractivity contribution is 0.458. The van der Waals surface area contributed by atoms with Gasteiger partial charge in [-0.25, -0.2) is 0 Å². The lowest BCUT2D eigenvalue weighted by Gasteiger charge is -2.10. The van der Waals surface area contributed by atoms with Gasteiger partial charge in [0, 0.05) is 15.8 Å². The minimum atomic E-state index is 0.362. The normalized spacial score (nSPS) is 10.8. The second-order valence-corrected chi connectivity index (χ2v) is 5.15. The Morgan fingerprint density at radius 2 is 1.70 bits per heavy atom. The van der Waals surface area contributed by atoms with E-state index in [9.17, 15) is 0 Å². The van der Waals surface area contributed by atoms with Crippen LogP contribution in [0.3, 0.4) is 0 Å². The molecule has 3 rings (SSSR count). The van der Waals surface area contributed by atoms with Crippen LogP contribution in [0.25, 0.3) is 10.8 Å². The summed E-state index contributed by atoms with van der Waals surface area (Å²) in [6.07, 6.45) is 0. The first kappa shape index (κ1) is 13.2. The first-order valence-corrected chi connectivity index (χ1v) is 6.75. The molecule has 1 aromatic heterocycles. The summed E-state index contributed by atoms with van der Waals surface area (Å²) >= 11 is 12.0. The summed E-state index contributed by atoms with van der Waals surface area (Å²) in [5, 5.41) is 10.6. The van der Waals surface area contributed by atoms with E-state index < -0.39 is 0 Å². The SMILES string of the molecule is Cc1cc(Cl)ccc1Oc1nnc(Cl)c2ccccc12. The molecule has 0 N–H and O–H groups in total. The molecule has 5 heteroatoms. The van der Waals surface area contributed by atoms with Crippen molar-refractivity contribution in [1.82, 2.24) is 10.2 Å². The van der Waals surface area contributed by atoms with Gasteiger partial charge in [0.15, 0.2) is 5.15 Å². The molecule has 0 aliphatic rings. The van der Waals surface area contributed by atoms with E-state index in [0.717, 1.165) is 16.3 Å². The van der Waals surface area contributed by atoms with E-state index in [2.05, 4.69) is 10.2 Å². The number of fused-ring (bicyclic) bond motifs is 1. The molecular weight excluding hydrogens is 295 g/mol. The van der Waals surface area contributed by atoms with E-state index in [1.165, 1.54) is 0 Å². The molecule has 0 unspecified atom stereocenters. The van der Waals surface area contributed by atoms with Crippen LogP contribution in [0.1, 0.15) is 5.56 Å². The van der Waals surface area contributed by atoms with E-state index in [0.29, 0.717) is 21.8 Å². The van der Waals surface area contributed by atoms with Gasteiger partial charge in [-0.05, 0) is 36.8 Å². The number of aromatic nitrogens is 2. The second kappa shape index (κ2) is 5.27. The number of nitrogens with zero attached hydrogens (tertiary/aromatic N) is 2. The molecule has 0 atom stereocenters. The summed E-state index contributed by atoms with van der Waals surface area (Å²) in [5.74, 6) is 1.12. The number of hydrogen-bond acceptors (Lipinski definition) is 3. The van der Waals surface area contributed by atoms with Crippen molar-refractivity contribution in [2.75, 3.05) is 0 Å². The summed E-state index contributed by atoms with van der Waals surface area (Å²) in [4.78, 5) is 0. The van der Waals surface area contributed by atoms with Crippen molar-refractivity contribution in [3.05, 3.63) is 58.2 Å². The van der Waals surface area contributed by atoms with Crippen LogP contribution < -0.4 is 4.74 Å². The van der Waals surface area contributed by atoms with Crippen molar-refractivity contribution in [3.63, 3.8) is 0 Å². The maximum atomic E-state index is 6.04.